The Balaban J connectivity index is 1.03. The van der Waals surface area contributed by atoms with E-state index in [1.165, 1.54) is 94.6 Å². The summed E-state index contributed by atoms with van der Waals surface area (Å²) in [5.41, 5.74) is 23.8. The van der Waals surface area contributed by atoms with Gasteiger partial charge in [0.25, 0.3) is 0 Å². The van der Waals surface area contributed by atoms with Crippen molar-refractivity contribution in [1.29, 1.82) is 0 Å². The van der Waals surface area contributed by atoms with Crippen molar-refractivity contribution in [3.05, 3.63) is 243 Å². The fourth-order valence-corrected chi connectivity index (χ4v) is 9.66. The van der Waals surface area contributed by atoms with Gasteiger partial charge in [0.05, 0.1) is 11.1 Å². The van der Waals surface area contributed by atoms with Crippen molar-refractivity contribution >= 4 is 11.4 Å². The van der Waals surface area contributed by atoms with E-state index in [0.717, 1.165) is 24.2 Å². The molecule has 0 radical (unpaired) electrons. The van der Waals surface area contributed by atoms with Crippen molar-refractivity contribution in [2.45, 2.75) is 39.0 Å². The first kappa shape index (κ1) is 34.0. The van der Waals surface area contributed by atoms with Crippen molar-refractivity contribution in [3.8, 4) is 33.4 Å². The Hall–Kier alpha value is -6.57. The third-order valence-electron chi connectivity index (χ3n) is 12.3. The largest absolute Gasteiger partial charge is 0.253 e. The van der Waals surface area contributed by atoms with E-state index >= 15 is 0 Å². The van der Waals surface area contributed by atoms with Crippen LogP contribution in [-0.2, 0) is 18.3 Å². The van der Waals surface area contributed by atoms with Crippen LogP contribution in [0.5, 0.6) is 0 Å². The maximum absolute atomic E-state index is 5.49. The van der Waals surface area contributed by atoms with Crippen molar-refractivity contribution in [1.82, 2.24) is 0 Å². The summed E-state index contributed by atoms with van der Waals surface area (Å²) in [5, 5.41) is 0. The van der Waals surface area contributed by atoms with Crippen LogP contribution in [0.4, 0.5) is 5.69 Å². The molecule has 1 spiro atoms. The fraction of sp³-hybridized carbons (Fsp3) is 0.109. The average Bonchev–Trinajstić information content (AvgIpc) is 3.53. The van der Waals surface area contributed by atoms with Gasteiger partial charge in [-0.15, -0.1) is 0 Å². The SMILES string of the molecule is CC(=Nc1ccccc1Cc1ccc(-c2ccc(C)c(-c3ccccc3C)c2)cc1)c1cccc2c1C1(c3ccccc3Cc3ccccc31)c1ccccc1-2. The highest BCUT2D eigenvalue weighted by atomic mass is 14.8. The number of nitrogens with zero attached hydrogens (tertiary/aromatic N) is 1. The third kappa shape index (κ3) is 5.41. The molecule has 0 N–H and O–H groups in total. The van der Waals surface area contributed by atoms with Crippen LogP contribution >= 0.6 is 0 Å². The number of rotatable bonds is 6. The van der Waals surface area contributed by atoms with Gasteiger partial charge in [-0.1, -0.05) is 170 Å². The fourth-order valence-electron chi connectivity index (χ4n) is 9.66. The monoisotopic (exact) mass is 717 g/mol. The molecule has 8 aromatic carbocycles. The molecule has 0 heterocycles. The van der Waals surface area contributed by atoms with Crippen LogP contribution in [0.1, 0.15) is 68.1 Å². The molecule has 0 bridgehead atoms. The lowest BCUT2D eigenvalue weighted by atomic mass is 9.60. The van der Waals surface area contributed by atoms with Gasteiger partial charge in [-0.05, 0) is 135 Å². The molecule has 0 aromatic heterocycles. The number of hydrogen-bond donors (Lipinski definition) is 0. The highest BCUT2D eigenvalue weighted by Gasteiger charge is 2.50. The minimum atomic E-state index is -0.426. The summed E-state index contributed by atoms with van der Waals surface area (Å²) in [7, 11) is 0. The summed E-state index contributed by atoms with van der Waals surface area (Å²) >= 11 is 0. The molecule has 2 aliphatic rings. The van der Waals surface area contributed by atoms with Crippen molar-refractivity contribution < 1.29 is 0 Å². The molecule has 0 atom stereocenters. The van der Waals surface area contributed by atoms with Gasteiger partial charge in [0, 0.05) is 11.3 Å². The van der Waals surface area contributed by atoms with Crippen molar-refractivity contribution in [2.24, 2.45) is 4.99 Å². The highest BCUT2D eigenvalue weighted by Crippen LogP contribution is 2.60. The highest BCUT2D eigenvalue weighted by molar-refractivity contribution is 6.06. The number of para-hydroxylation sites is 1. The minimum absolute atomic E-state index is 0.426. The van der Waals surface area contributed by atoms with Crippen LogP contribution in [0.25, 0.3) is 33.4 Å². The van der Waals surface area contributed by atoms with E-state index < -0.39 is 5.41 Å². The number of aryl methyl sites for hydroxylation is 2. The molecule has 0 amide bonds. The van der Waals surface area contributed by atoms with Gasteiger partial charge < -0.3 is 0 Å². The molecule has 2 aliphatic carbocycles. The van der Waals surface area contributed by atoms with Gasteiger partial charge in [-0.3, -0.25) is 4.99 Å². The zero-order valence-corrected chi connectivity index (χ0v) is 32.2. The average molecular weight is 718 g/mol. The van der Waals surface area contributed by atoms with Crippen LogP contribution in [0, 0.1) is 13.8 Å². The Kier molecular flexibility index (Phi) is 8.26. The Bertz CT molecular complexity index is 2790. The van der Waals surface area contributed by atoms with E-state index in [4.69, 9.17) is 4.99 Å². The second-order valence-electron chi connectivity index (χ2n) is 15.6. The molecule has 0 saturated heterocycles. The van der Waals surface area contributed by atoms with Gasteiger partial charge >= 0.3 is 0 Å². The van der Waals surface area contributed by atoms with Gasteiger partial charge in [0.2, 0.25) is 0 Å². The third-order valence-corrected chi connectivity index (χ3v) is 12.3. The van der Waals surface area contributed by atoms with Gasteiger partial charge in [-0.2, -0.15) is 0 Å². The summed E-state index contributed by atoms with van der Waals surface area (Å²) in [6.07, 6.45) is 1.74. The van der Waals surface area contributed by atoms with Crippen molar-refractivity contribution in [2.75, 3.05) is 0 Å². The molecule has 8 aromatic rings. The number of aliphatic imine (C=N–C) groups is 1. The van der Waals surface area contributed by atoms with E-state index in [2.05, 4.69) is 203 Å². The summed E-state index contributed by atoms with van der Waals surface area (Å²) in [6.45, 7) is 6.59. The van der Waals surface area contributed by atoms with Crippen LogP contribution < -0.4 is 0 Å². The normalized spacial score (nSPS) is 13.5. The van der Waals surface area contributed by atoms with E-state index in [1.54, 1.807) is 0 Å². The quantitative estimate of drug-likeness (QED) is 0.152. The Morgan fingerprint density at radius 3 is 1.84 bits per heavy atom. The van der Waals surface area contributed by atoms with Crippen LogP contribution in [-0.4, -0.2) is 5.71 Å². The Morgan fingerprint density at radius 2 is 1.09 bits per heavy atom. The lowest BCUT2D eigenvalue weighted by molar-refractivity contribution is 0.720. The molecule has 1 heteroatoms. The number of hydrogen-bond acceptors (Lipinski definition) is 1. The topological polar surface area (TPSA) is 12.4 Å². The van der Waals surface area contributed by atoms with Gasteiger partial charge in [0.15, 0.2) is 0 Å². The first-order valence-electron chi connectivity index (χ1n) is 19.8. The van der Waals surface area contributed by atoms with Gasteiger partial charge in [-0.25, -0.2) is 0 Å². The Labute approximate surface area is 330 Å². The predicted octanol–water partition coefficient (Wildman–Crippen LogP) is 13.6. The molecule has 0 unspecified atom stereocenters. The molecule has 0 saturated carbocycles. The zero-order valence-electron chi connectivity index (χ0n) is 32.2. The maximum atomic E-state index is 5.49. The van der Waals surface area contributed by atoms with E-state index in [1.807, 2.05) is 0 Å². The molecule has 268 valence electrons. The molecule has 56 heavy (non-hydrogen) atoms. The lowest BCUT2D eigenvalue weighted by Crippen LogP contribution is -2.35. The first-order valence-corrected chi connectivity index (χ1v) is 19.8. The molecule has 0 aliphatic heterocycles. The molecular formula is C55H43N. The predicted molar refractivity (Wildman–Crippen MR) is 234 cm³/mol. The zero-order chi connectivity index (χ0) is 37.8. The van der Waals surface area contributed by atoms with Crippen LogP contribution in [0.15, 0.2) is 187 Å². The summed E-state index contributed by atoms with van der Waals surface area (Å²) in [4.78, 5) is 5.49. The molecule has 0 fully saturated rings. The number of benzene rings is 8. The number of fused-ring (bicyclic) bond motifs is 9. The van der Waals surface area contributed by atoms with Gasteiger partial charge in [0.1, 0.15) is 0 Å². The second kappa shape index (κ2) is 13.6. The summed E-state index contributed by atoms with van der Waals surface area (Å²) < 4.78 is 0. The standard InChI is InChI=1S/C55H43N/c1-36-15-4-8-19-45(36)49-35-41(30-27-37(49)2)40-31-28-39(29-32-40)33-44-18-7-13-26-53(44)56-38(3)46-21-14-22-48-47-20-9-12-25-52(47)55(54(46)48)50-23-10-5-16-42(50)34-43-17-6-11-24-51(43)55/h4-32,35H,33-34H2,1-3H3. The smallest absolute Gasteiger partial charge is 0.0725 e. The minimum Gasteiger partial charge on any atom is -0.253 e. The Morgan fingerprint density at radius 1 is 0.500 bits per heavy atom. The molecular weight excluding hydrogens is 675 g/mol. The molecule has 1 nitrogen and oxygen atoms in total. The van der Waals surface area contributed by atoms with E-state index in [0.29, 0.717) is 0 Å². The van der Waals surface area contributed by atoms with Crippen LogP contribution in [0.2, 0.25) is 0 Å². The second-order valence-corrected chi connectivity index (χ2v) is 15.6. The van der Waals surface area contributed by atoms with E-state index in [-0.39, 0.29) is 0 Å². The summed E-state index contributed by atoms with van der Waals surface area (Å²) in [6, 6.07) is 67.3. The lowest BCUT2D eigenvalue weighted by Gasteiger charge is -2.41. The first-order chi connectivity index (χ1) is 27.5. The summed E-state index contributed by atoms with van der Waals surface area (Å²) in [5.74, 6) is 0. The maximum Gasteiger partial charge on any atom is 0.0725 e. The molecule has 10 rings (SSSR count). The van der Waals surface area contributed by atoms with Crippen LogP contribution in [0.3, 0.4) is 0 Å². The van der Waals surface area contributed by atoms with E-state index in [9.17, 15) is 0 Å². The van der Waals surface area contributed by atoms with Crippen molar-refractivity contribution in [3.63, 3.8) is 0 Å².